The van der Waals surface area contributed by atoms with Crippen LogP contribution in [0.2, 0.25) is 0 Å². The molecule has 3 aromatic rings. The predicted molar refractivity (Wildman–Crippen MR) is 77.8 cm³/mol. The first-order chi connectivity index (χ1) is 9.83. The first-order valence-corrected chi connectivity index (χ1v) is 7.16. The van der Waals surface area contributed by atoms with E-state index in [9.17, 15) is 0 Å². The van der Waals surface area contributed by atoms with Gasteiger partial charge in [-0.25, -0.2) is 9.97 Å². The van der Waals surface area contributed by atoms with E-state index in [1.54, 1.807) is 34.6 Å². The van der Waals surface area contributed by atoms with Gasteiger partial charge in [-0.3, -0.25) is 4.68 Å². The topological polar surface area (TPSA) is 52.8 Å². The molecule has 5 nitrogen and oxygen atoms in total. The van der Waals surface area contributed by atoms with Gasteiger partial charge >= 0.3 is 0 Å². The highest BCUT2D eigenvalue weighted by atomic mass is 32.1. The summed E-state index contributed by atoms with van der Waals surface area (Å²) in [4.78, 5) is 9.91. The van der Waals surface area contributed by atoms with Gasteiger partial charge < -0.3 is 4.74 Å². The molecule has 0 aliphatic rings. The van der Waals surface area contributed by atoms with Gasteiger partial charge in [-0.15, -0.1) is 11.3 Å². The van der Waals surface area contributed by atoms with Crippen LogP contribution in [-0.2, 0) is 13.5 Å². The van der Waals surface area contributed by atoms with Crippen LogP contribution in [0, 0.1) is 0 Å². The Labute approximate surface area is 120 Å². The summed E-state index contributed by atoms with van der Waals surface area (Å²) >= 11 is 1.73. The van der Waals surface area contributed by atoms with Crippen molar-refractivity contribution in [2.45, 2.75) is 6.42 Å². The molecule has 20 heavy (non-hydrogen) atoms. The molecule has 0 atom stereocenters. The number of aromatic nitrogens is 4. The molecule has 0 bridgehead atoms. The summed E-state index contributed by atoms with van der Waals surface area (Å²) in [6.07, 6.45) is 7.84. The van der Waals surface area contributed by atoms with Gasteiger partial charge in [-0.1, -0.05) is 6.07 Å². The van der Waals surface area contributed by atoms with E-state index in [0.717, 1.165) is 17.7 Å². The molecular formula is C14H14N4OS. The van der Waals surface area contributed by atoms with Gasteiger partial charge in [0.15, 0.2) is 0 Å². The lowest BCUT2D eigenvalue weighted by Gasteiger charge is -2.07. The van der Waals surface area contributed by atoms with E-state index in [1.165, 1.54) is 4.88 Å². The van der Waals surface area contributed by atoms with Gasteiger partial charge in [0.1, 0.15) is 5.69 Å². The first-order valence-electron chi connectivity index (χ1n) is 6.28. The fraction of sp³-hybridized carbons (Fsp3) is 0.214. The van der Waals surface area contributed by atoms with Gasteiger partial charge in [0.2, 0.25) is 5.88 Å². The average Bonchev–Trinajstić information content (AvgIpc) is 3.11. The third-order valence-corrected chi connectivity index (χ3v) is 3.75. The van der Waals surface area contributed by atoms with Crippen molar-refractivity contribution in [2.24, 2.45) is 7.05 Å². The van der Waals surface area contributed by atoms with Crippen LogP contribution in [0.25, 0.3) is 11.3 Å². The quantitative estimate of drug-likeness (QED) is 0.723. The molecule has 0 unspecified atom stereocenters. The van der Waals surface area contributed by atoms with Crippen LogP contribution >= 0.6 is 11.3 Å². The molecule has 0 spiro atoms. The van der Waals surface area contributed by atoms with Crippen LogP contribution in [0.5, 0.6) is 5.88 Å². The second-order valence-electron chi connectivity index (χ2n) is 4.29. The van der Waals surface area contributed by atoms with Crippen LogP contribution in [0.15, 0.2) is 42.3 Å². The number of ether oxygens (including phenoxy) is 1. The van der Waals surface area contributed by atoms with E-state index < -0.39 is 0 Å². The summed E-state index contributed by atoms with van der Waals surface area (Å²) in [5.74, 6) is 0.553. The lowest BCUT2D eigenvalue weighted by molar-refractivity contribution is 0.310. The molecular weight excluding hydrogens is 272 g/mol. The van der Waals surface area contributed by atoms with Gasteiger partial charge in [-0.2, -0.15) is 5.10 Å². The zero-order chi connectivity index (χ0) is 13.8. The first kappa shape index (κ1) is 12.8. The summed E-state index contributed by atoms with van der Waals surface area (Å²) < 4.78 is 7.51. The minimum absolute atomic E-state index is 0.553. The van der Waals surface area contributed by atoms with E-state index in [1.807, 2.05) is 19.3 Å². The monoisotopic (exact) mass is 286 g/mol. The van der Waals surface area contributed by atoms with Crippen molar-refractivity contribution in [2.75, 3.05) is 6.61 Å². The van der Waals surface area contributed by atoms with Gasteiger partial charge in [0.25, 0.3) is 0 Å². The molecule has 0 radical (unpaired) electrons. The number of aryl methyl sites for hydroxylation is 1. The molecule has 0 aromatic carbocycles. The van der Waals surface area contributed by atoms with Crippen molar-refractivity contribution in [1.82, 2.24) is 19.7 Å². The number of hydrogen-bond donors (Lipinski definition) is 0. The number of rotatable bonds is 5. The highest BCUT2D eigenvalue weighted by Crippen LogP contribution is 2.24. The van der Waals surface area contributed by atoms with Crippen molar-refractivity contribution in [3.63, 3.8) is 0 Å². The molecule has 6 heteroatoms. The SMILES string of the molecule is Cn1cc(-c2nccnc2OCCc2cccs2)cn1. The minimum Gasteiger partial charge on any atom is -0.476 e. The number of nitrogens with zero attached hydrogens (tertiary/aromatic N) is 4. The number of thiophene rings is 1. The summed E-state index contributed by atoms with van der Waals surface area (Å²) in [6, 6.07) is 4.15. The lowest BCUT2D eigenvalue weighted by Crippen LogP contribution is -2.03. The molecule has 0 saturated heterocycles. The molecule has 0 N–H and O–H groups in total. The van der Waals surface area contributed by atoms with Crippen LogP contribution in [-0.4, -0.2) is 26.4 Å². The van der Waals surface area contributed by atoms with Crippen molar-refractivity contribution >= 4 is 11.3 Å². The summed E-state index contributed by atoms with van der Waals surface area (Å²) in [7, 11) is 1.87. The average molecular weight is 286 g/mol. The largest absolute Gasteiger partial charge is 0.476 e. The van der Waals surface area contributed by atoms with Crippen LogP contribution in [0.1, 0.15) is 4.88 Å². The summed E-state index contributed by atoms with van der Waals surface area (Å²) in [6.45, 7) is 0.590. The highest BCUT2D eigenvalue weighted by molar-refractivity contribution is 7.09. The Bertz CT molecular complexity index is 678. The van der Waals surface area contributed by atoms with E-state index >= 15 is 0 Å². The molecule has 0 aliphatic carbocycles. The molecule has 0 amide bonds. The Kier molecular flexibility index (Phi) is 3.73. The Morgan fingerprint density at radius 2 is 2.20 bits per heavy atom. The third-order valence-electron chi connectivity index (χ3n) is 2.81. The maximum Gasteiger partial charge on any atom is 0.240 e. The summed E-state index contributed by atoms with van der Waals surface area (Å²) in [5, 5.41) is 6.22. The zero-order valence-corrected chi connectivity index (χ0v) is 11.9. The fourth-order valence-corrected chi connectivity index (χ4v) is 2.57. The smallest absolute Gasteiger partial charge is 0.240 e. The van der Waals surface area contributed by atoms with Crippen LogP contribution in [0.4, 0.5) is 0 Å². The zero-order valence-electron chi connectivity index (χ0n) is 11.1. The second-order valence-corrected chi connectivity index (χ2v) is 5.32. The second kappa shape index (κ2) is 5.83. The maximum absolute atomic E-state index is 5.77. The maximum atomic E-state index is 5.77. The van der Waals surface area contributed by atoms with E-state index in [0.29, 0.717) is 12.5 Å². The van der Waals surface area contributed by atoms with E-state index in [-0.39, 0.29) is 0 Å². The molecule has 3 heterocycles. The third kappa shape index (κ3) is 2.85. The van der Waals surface area contributed by atoms with Crippen molar-refractivity contribution in [1.29, 1.82) is 0 Å². The van der Waals surface area contributed by atoms with Crippen LogP contribution in [0.3, 0.4) is 0 Å². The molecule has 3 rings (SSSR count). The normalized spacial score (nSPS) is 10.7. The molecule has 102 valence electrons. The van der Waals surface area contributed by atoms with Crippen molar-refractivity contribution < 1.29 is 4.74 Å². The van der Waals surface area contributed by atoms with Crippen molar-refractivity contribution in [3.05, 3.63) is 47.2 Å². The molecule has 3 aromatic heterocycles. The molecule has 0 aliphatic heterocycles. The van der Waals surface area contributed by atoms with E-state index in [2.05, 4.69) is 26.5 Å². The standard InChI is InChI=1S/C14H14N4OS/c1-18-10-11(9-17-18)13-14(16-6-5-15-13)19-7-4-12-3-2-8-20-12/h2-3,5-6,8-10H,4,7H2,1H3. The Morgan fingerprint density at radius 3 is 2.95 bits per heavy atom. The van der Waals surface area contributed by atoms with Gasteiger partial charge in [-0.05, 0) is 11.4 Å². The van der Waals surface area contributed by atoms with Crippen molar-refractivity contribution in [3.8, 4) is 17.1 Å². The van der Waals surface area contributed by atoms with Gasteiger partial charge in [0, 0.05) is 42.5 Å². The molecule has 0 fully saturated rings. The van der Waals surface area contributed by atoms with E-state index in [4.69, 9.17) is 4.74 Å². The predicted octanol–water partition coefficient (Wildman–Crippen LogP) is 2.56. The Morgan fingerprint density at radius 1 is 1.30 bits per heavy atom. The van der Waals surface area contributed by atoms with Crippen LogP contribution < -0.4 is 4.74 Å². The summed E-state index contributed by atoms with van der Waals surface area (Å²) in [5.41, 5.74) is 1.64. The minimum atomic E-state index is 0.553. The fourth-order valence-electron chi connectivity index (χ4n) is 1.88. The Balaban J connectivity index is 1.73. The highest BCUT2D eigenvalue weighted by Gasteiger charge is 2.10. The Hall–Kier alpha value is -2.21. The lowest BCUT2D eigenvalue weighted by atomic mass is 10.2. The van der Waals surface area contributed by atoms with Gasteiger partial charge in [0.05, 0.1) is 12.8 Å². The molecule has 0 saturated carbocycles. The number of hydrogen-bond acceptors (Lipinski definition) is 5.